The minimum atomic E-state index is -0.113. The van der Waals surface area contributed by atoms with Crippen LogP contribution in [-0.2, 0) is 6.54 Å². The van der Waals surface area contributed by atoms with Gasteiger partial charge < -0.3 is 15.0 Å². The van der Waals surface area contributed by atoms with E-state index in [9.17, 15) is 4.79 Å². The van der Waals surface area contributed by atoms with E-state index in [0.717, 1.165) is 11.3 Å². The Morgan fingerprint density at radius 3 is 2.96 bits per heavy atom. The monoisotopic (exact) mass is 316 g/mol. The van der Waals surface area contributed by atoms with Crippen molar-refractivity contribution in [2.75, 3.05) is 20.2 Å². The maximum Gasteiger partial charge on any atom is 0.317 e. The predicted octanol–water partition coefficient (Wildman–Crippen LogP) is 2.30. The number of nitrogens with one attached hydrogen (secondary N) is 1. The molecule has 23 heavy (non-hydrogen) atoms. The summed E-state index contributed by atoms with van der Waals surface area (Å²) in [5.41, 5.74) is 1.15. The second-order valence-corrected chi connectivity index (χ2v) is 5.67. The molecule has 0 aliphatic heterocycles. The van der Waals surface area contributed by atoms with Crippen molar-refractivity contribution in [1.82, 2.24) is 20.0 Å². The van der Waals surface area contributed by atoms with Gasteiger partial charge in [0.2, 0.25) is 0 Å². The van der Waals surface area contributed by atoms with Crippen LogP contribution < -0.4 is 10.1 Å². The van der Waals surface area contributed by atoms with Crippen LogP contribution in [0.4, 0.5) is 4.79 Å². The summed E-state index contributed by atoms with van der Waals surface area (Å²) in [4.78, 5) is 13.8. The van der Waals surface area contributed by atoms with Crippen LogP contribution in [0.5, 0.6) is 5.75 Å². The van der Waals surface area contributed by atoms with Gasteiger partial charge in [-0.1, -0.05) is 12.1 Å². The second kappa shape index (κ2) is 8.22. The Hall–Kier alpha value is -2.50. The van der Waals surface area contributed by atoms with E-state index in [2.05, 4.69) is 10.4 Å². The van der Waals surface area contributed by atoms with E-state index >= 15 is 0 Å². The Bertz CT molecular complexity index is 613. The van der Waals surface area contributed by atoms with Crippen molar-refractivity contribution in [2.24, 2.45) is 0 Å². The zero-order valence-electron chi connectivity index (χ0n) is 13.9. The summed E-state index contributed by atoms with van der Waals surface area (Å²) < 4.78 is 7.50. The number of hydrogen-bond donors (Lipinski definition) is 1. The normalized spacial score (nSPS) is 11.8. The van der Waals surface area contributed by atoms with E-state index in [-0.39, 0.29) is 12.1 Å². The molecule has 0 aliphatic rings. The molecule has 0 fully saturated rings. The summed E-state index contributed by atoms with van der Waals surface area (Å²) in [5.74, 6) is 0.818. The molecule has 0 bridgehead atoms. The highest BCUT2D eigenvalue weighted by Crippen LogP contribution is 2.12. The lowest BCUT2D eigenvalue weighted by Gasteiger charge is -2.21. The van der Waals surface area contributed by atoms with Gasteiger partial charge in [0.25, 0.3) is 0 Å². The lowest BCUT2D eigenvalue weighted by molar-refractivity contribution is 0.195. The largest absolute Gasteiger partial charge is 0.491 e. The molecule has 1 atom stereocenters. The first-order chi connectivity index (χ1) is 11.0. The first-order valence-corrected chi connectivity index (χ1v) is 7.73. The molecule has 0 aliphatic carbocycles. The zero-order chi connectivity index (χ0) is 16.7. The van der Waals surface area contributed by atoms with E-state index in [1.54, 1.807) is 22.8 Å². The summed E-state index contributed by atoms with van der Waals surface area (Å²) in [6.45, 7) is 5.65. The molecule has 6 heteroatoms. The number of rotatable bonds is 7. The molecule has 124 valence electrons. The number of likely N-dealkylation sites (N-methyl/N-ethyl adjacent to an activating group) is 1. The van der Waals surface area contributed by atoms with Gasteiger partial charge in [0, 0.05) is 26.0 Å². The number of benzene rings is 1. The Morgan fingerprint density at radius 2 is 2.26 bits per heavy atom. The van der Waals surface area contributed by atoms with Gasteiger partial charge in [-0.2, -0.15) is 5.10 Å². The maximum absolute atomic E-state index is 12.1. The van der Waals surface area contributed by atoms with E-state index < -0.39 is 0 Å². The lowest BCUT2D eigenvalue weighted by Crippen LogP contribution is -2.45. The van der Waals surface area contributed by atoms with E-state index in [1.807, 2.05) is 50.4 Å². The molecule has 2 aromatic rings. The van der Waals surface area contributed by atoms with Gasteiger partial charge >= 0.3 is 6.03 Å². The number of ether oxygens (including phenoxy) is 1. The third kappa shape index (κ3) is 5.65. The highest BCUT2D eigenvalue weighted by atomic mass is 16.5. The number of aryl methyl sites for hydroxylation is 1. The van der Waals surface area contributed by atoms with Gasteiger partial charge in [-0.15, -0.1) is 0 Å². The van der Waals surface area contributed by atoms with Gasteiger partial charge in [0.15, 0.2) is 0 Å². The Balaban J connectivity index is 1.71. The molecule has 6 nitrogen and oxygen atoms in total. The number of carbonyl (C=O) groups is 1. The maximum atomic E-state index is 12.1. The second-order valence-electron chi connectivity index (χ2n) is 5.67. The van der Waals surface area contributed by atoms with Crippen molar-refractivity contribution < 1.29 is 9.53 Å². The van der Waals surface area contributed by atoms with Gasteiger partial charge in [-0.25, -0.2) is 4.79 Å². The molecule has 0 spiro atoms. The van der Waals surface area contributed by atoms with Crippen molar-refractivity contribution in [3.05, 3.63) is 48.3 Å². The van der Waals surface area contributed by atoms with Crippen LogP contribution in [0.25, 0.3) is 0 Å². The van der Waals surface area contributed by atoms with Crippen LogP contribution in [0.1, 0.15) is 12.5 Å². The summed E-state index contributed by atoms with van der Waals surface area (Å²) in [6.07, 6.45) is 3.61. The molecule has 1 aromatic heterocycles. The van der Waals surface area contributed by atoms with Crippen molar-refractivity contribution in [2.45, 2.75) is 26.4 Å². The summed E-state index contributed by atoms with van der Waals surface area (Å²) in [7, 11) is 1.77. The number of hydrogen-bond acceptors (Lipinski definition) is 3. The third-order valence-electron chi connectivity index (χ3n) is 3.43. The van der Waals surface area contributed by atoms with Gasteiger partial charge in [0.1, 0.15) is 12.4 Å². The van der Waals surface area contributed by atoms with E-state index in [0.29, 0.717) is 19.7 Å². The minimum Gasteiger partial charge on any atom is -0.491 e. The lowest BCUT2D eigenvalue weighted by atomic mass is 10.2. The van der Waals surface area contributed by atoms with Crippen LogP contribution in [0, 0.1) is 6.92 Å². The molecular weight excluding hydrogens is 292 g/mol. The van der Waals surface area contributed by atoms with Crippen LogP contribution in [0.2, 0.25) is 0 Å². The van der Waals surface area contributed by atoms with E-state index in [4.69, 9.17) is 4.74 Å². The smallest absolute Gasteiger partial charge is 0.317 e. The molecule has 0 unspecified atom stereocenters. The first kappa shape index (κ1) is 16.9. The van der Waals surface area contributed by atoms with Crippen molar-refractivity contribution >= 4 is 6.03 Å². The molecule has 0 saturated heterocycles. The number of urea groups is 1. The SMILES string of the molecule is Cc1cccc(OC[C@H](C)NC(=O)N(C)CCn2cccn2)c1. The van der Waals surface area contributed by atoms with Crippen LogP contribution in [0.3, 0.4) is 0 Å². The fourth-order valence-corrected chi connectivity index (χ4v) is 2.08. The molecular formula is C17H24N4O2. The van der Waals surface area contributed by atoms with Crippen molar-refractivity contribution in [3.63, 3.8) is 0 Å². The average molecular weight is 316 g/mol. The highest BCUT2D eigenvalue weighted by molar-refractivity contribution is 5.74. The fourth-order valence-electron chi connectivity index (χ4n) is 2.08. The molecule has 2 rings (SSSR count). The Labute approximate surface area is 137 Å². The topological polar surface area (TPSA) is 59.4 Å². The van der Waals surface area contributed by atoms with Gasteiger partial charge in [-0.3, -0.25) is 4.68 Å². The number of aromatic nitrogens is 2. The predicted molar refractivity (Wildman–Crippen MR) is 89.5 cm³/mol. The summed E-state index contributed by atoms with van der Waals surface area (Å²) in [6, 6.07) is 9.55. The Kier molecular flexibility index (Phi) is 6.02. The summed E-state index contributed by atoms with van der Waals surface area (Å²) in [5, 5.41) is 7.04. The van der Waals surface area contributed by atoms with Crippen LogP contribution in [0.15, 0.2) is 42.7 Å². The quantitative estimate of drug-likeness (QED) is 0.852. The molecule has 1 heterocycles. The highest BCUT2D eigenvalue weighted by Gasteiger charge is 2.12. The summed E-state index contributed by atoms with van der Waals surface area (Å²) >= 11 is 0. The number of amides is 2. The van der Waals surface area contributed by atoms with Crippen LogP contribution in [-0.4, -0.2) is 47.0 Å². The minimum absolute atomic E-state index is 0.0739. The average Bonchev–Trinajstić information content (AvgIpc) is 3.04. The molecule has 2 amide bonds. The molecule has 0 saturated carbocycles. The zero-order valence-corrected chi connectivity index (χ0v) is 13.9. The van der Waals surface area contributed by atoms with Crippen molar-refractivity contribution in [1.29, 1.82) is 0 Å². The molecule has 1 aromatic carbocycles. The molecule has 0 radical (unpaired) electrons. The number of carbonyl (C=O) groups excluding carboxylic acids is 1. The van der Waals surface area contributed by atoms with Crippen molar-refractivity contribution in [3.8, 4) is 5.75 Å². The van der Waals surface area contributed by atoms with Gasteiger partial charge in [-0.05, 0) is 37.6 Å². The fraction of sp³-hybridized carbons (Fsp3) is 0.412. The van der Waals surface area contributed by atoms with Gasteiger partial charge in [0.05, 0.1) is 12.6 Å². The Morgan fingerprint density at radius 1 is 1.43 bits per heavy atom. The third-order valence-corrected chi connectivity index (χ3v) is 3.43. The number of nitrogens with zero attached hydrogens (tertiary/aromatic N) is 3. The van der Waals surface area contributed by atoms with Crippen LogP contribution >= 0.6 is 0 Å². The van der Waals surface area contributed by atoms with E-state index in [1.165, 1.54) is 0 Å². The first-order valence-electron chi connectivity index (χ1n) is 7.73. The molecule has 1 N–H and O–H groups in total. The standard InChI is InChI=1S/C17H24N4O2/c1-14-6-4-7-16(12-14)23-13-15(2)19-17(22)20(3)10-11-21-9-5-8-18-21/h4-9,12,15H,10-11,13H2,1-3H3,(H,19,22)/t15-/m0/s1.